The number of hydrogen-bond acceptors (Lipinski definition) is 3. The SMILES string of the molecule is CCC(C)S(=O)(=O)c1cc(C)c(C(=O)O)cc1C(F)(F)F. The second-order valence-corrected chi connectivity index (χ2v) is 7.06. The molecular formula is C13H15F3O4S. The number of aryl methyl sites for hydroxylation is 1. The van der Waals surface area contributed by atoms with Crippen molar-refractivity contribution in [3.8, 4) is 0 Å². The van der Waals surface area contributed by atoms with Crippen LogP contribution in [0.3, 0.4) is 0 Å². The number of carbonyl (C=O) groups is 1. The Hall–Kier alpha value is -1.57. The van der Waals surface area contributed by atoms with Crippen molar-refractivity contribution >= 4 is 15.8 Å². The Morgan fingerprint density at radius 1 is 1.33 bits per heavy atom. The van der Waals surface area contributed by atoms with E-state index in [1.807, 2.05) is 0 Å². The molecule has 0 saturated carbocycles. The molecule has 1 unspecified atom stereocenters. The van der Waals surface area contributed by atoms with Gasteiger partial charge in [0.1, 0.15) is 0 Å². The molecule has 0 aliphatic rings. The van der Waals surface area contributed by atoms with E-state index in [-0.39, 0.29) is 12.0 Å². The second kappa shape index (κ2) is 5.67. The van der Waals surface area contributed by atoms with Gasteiger partial charge in [0.05, 0.1) is 21.3 Å². The molecule has 118 valence electrons. The number of alkyl halides is 3. The third-order valence-electron chi connectivity index (χ3n) is 3.27. The van der Waals surface area contributed by atoms with Crippen LogP contribution in [0.5, 0.6) is 0 Å². The van der Waals surface area contributed by atoms with Gasteiger partial charge in [-0.15, -0.1) is 0 Å². The molecule has 0 aliphatic carbocycles. The van der Waals surface area contributed by atoms with Crippen molar-refractivity contribution in [2.75, 3.05) is 0 Å². The summed E-state index contributed by atoms with van der Waals surface area (Å²) in [6, 6.07) is 1.17. The topological polar surface area (TPSA) is 71.4 Å². The molecule has 0 spiro atoms. The van der Waals surface area contributed by atoms with E-state index >= 15 is 0 Å². The van der Waals surface area contributed by atoms with Gasteiger partial charge in [-0.25, -0.2) is 13.2 Å². The van der Waals surface area contributed by atoms with Crippen LogP contribution in [0.4, 0.5) is 13.2 Å². The van der Waals surface area contributed by atoms with Crippen molar-refractivity contribution in [3.05, 3.63) is 28.8 Å². The summed E-state index contributed by atoms with van der Waals surface area (Å²) in [4.78, 5) is 10.1. The lowest BCUT2D eigenvalue weighted by Crippen LogP contribution is -2.22. The van der Waals surface area contributed by atoms with Crippen LogP contribution in [0.2, 0.25) is 0 Å². The molecule has 4 nitrogen and oxygen atoms in total. The van der Waals surface area contributed by atoms with E-state index in [9.17, 15) is 26.4 Å². The van der Waals surface area contributed by atoms with Crippen LogP contribution < -0.4 is 0 Å². The fraction of sp³-hybridized carbons (Fsp3) is 0.462. The predicted molar refractivity (Wildman–Crippen MR) is 70.1 cm³/mol. The van der Waals surface area contributed by atoms with Crippen LogP contribution in [0, 0.1) is 6.92 Å². The van der Waals surface area contributed by atoms with Crippen molar-refractivity contribution in [2.24, 2.45) is 0 Å². The lowest BCUT2D eigenvalue weighted by Gasteiger charge is -2.18. The number of aromatic carboxylic acids is 1. The van der Waals surface area contributed by atoms with Crippen LogP contribution in [0.25, 0.3) is 0 Å². The number of halogens is 3. The number of hydrogen-bond donors (Lipinski definition) is 1. The molecule has 0 aromatic heterocycles. The Morgan fingerprint density at radius 3 is 2.24 bits per heavy atom. The summed E-state index contributed by atoms with van der Waals surface area (Å²) in [6.07, 6.45) is -4.80. The minimum absolute atomic E-state index is 0.0302. The number of benzene rings is 1. The molecule has 1 atom stereocenters. The van der Waals surface area contributed by atoms with Crippen LogP contribution in [-0.2, 0) is 16.0 Å². The summed E-state index contributed by atoms with van der Waals surface area (Å²) in [5, 5.41) is 7.90. The monoisotopic (exact) mass is 324 g/mol. The zero-order valence-electron chi connectivity index (χ0n) is 11.7. The largest absolute Gasteiger partial charge is 0.478 e. The van der Waals surface area contributed by atoms with Gasteiger partial charge < -0.3 is 5.11 Å². The van der Waals surface area contributed by atoms with E-state index in [1.165, 1.54) is 13.8 Å². The summed E-state index contributed by atoms with van der Waals surface area (Å²) >= 11 is 0. The van der Waals surface area contributed by atoms with Gasteiger partial charge in [-0.1, -0.05) is 6.92 Å². The molecule has 0 bridgehead atoms. The Labute approximate surface area is 120 Å². The summed E-state index contributed by atoms with van der Waals surface area (Å²) in [5.74, 6) is -1.54. The van der Waals surface area contributed by atoms with Gasteiger partial charge in [0.25, 0.3) is 0 Å². The predicted octanol–water partition coefficient (Wildman–Crippen LogP) is 3.28. The van der Waals surface area contributed by atoms with Crippen molar-refractivity contribution in [1.29, 1.82) is 0 Å². The average molecular weight is 324 g/mol. The molecule has 0 heterocycles. The number of carboxylic acid groups (broad SMARTS) is 1. The maximum absolute atomic E-state index is 13.1. The fourth-order valence-corrected chi connectivity index (χ4v) is 3.50. The molecule has 0 radical (unpaired) electrons. The number of carboxylic acids is 1. The average Bonchev–Trinajstić information content (AvgIpc) is 2.35. The molecular weight excluding hydrogens is 309 g/mol. The van der Waals surface area contributed by atoms with Crippen molar-refractivity contribution in [1.82, 2.24) is 0 Å². The minimum Gasteiger partial charge on any atom is -0.478 e. The second-order valence-electron chi connectivity index (χ2n) is 4.73. The fourth-order valence-electron chi connectivity index (χ4n) is 1.80. The van der Waals surface area contributed by atoms with E-state index in [0.29, 0.717) is 6.07 Å². The Morgan fingerprint density at radius 2 is 1.86 bits per heavy atom. The van der Waals surface area contributed by atoms with Crippen LogP contribution in [0.1, 0.15) is 41.8 Å². The Kier molecular flexibility index (Phi) is 4.72. The zero-order valence-corrected chi connectivity index (χ0v) is 12.5. The molecule has 21 heavy (non-hydrogen) atoms. The lowest BCUT2D eigenvalue weighted by molar-refractivity contribution is -0.139. The van der Waals surface area contributed by atoms with Gasteiger partial charge >= 0.3 is 12.1 Å². The molecule has 1 aromatic rings. The molecule has 1 N–H and O–H groups in total. The highest BCUT2D eigenvalue weighted by molar-refractivity contribution is 7.92. The first-order valence-electron chi connectivity index (χ1n) is 6.12. The van der Waals surface area contributed by atoms with Gasteiger partial charge in [-0.2, -0.15) is 13.2 Å². The molecule has 1 rings (SSSR count). The Balaban J connectivity index is 3.75. The lowest BCUT2D eigenvalue weighted by atomic mass is 10.0. The van der Waals surface area contributed by atoms with E-state index in [0.717, 1.165) is 6.07 Å². The summed E-state index contributed by atoms with van der Waals surface area (Å²) in [5.41, 5.74) is -2.03. The smallest absolute Gasteiger partial charge is 0.417 e. The van der Waals surface area contributed by atoms with E-state index < -0.39 is 43.3 Å². The minimum atomic E-state index is -4.95. The first kappa shape index (κ1) is 17.5. The highest BCUT2D eigenvalue weighted by Gasteiger charge is 2.39. The third kappa shape index (κ3) is 3.37. The quantitative estimate of drug-likeness (QED) is 0.922. The number of rotatable bonds is 4. The van der Waals surface area contributed by atoms with Gasteiger partial charge in [0.2, 0.25) is 0 Å². The van der Waals surface area contributed by atoms with Crippen LogP contribution in [0.15, 0.2) is 17.0 Å². The van der Waals surface area contributed by atoms with Gasteiger partial charge in [-0.3, -0.25) is 0 Å². The third-order valence-corrected chi connectivity index (χ3v) is 5.62. The molecule has 0 aliphatic heterocycles. The first-order valence-corrected chi connectivity index (χ1v) is 7.66. The summed E-state index contributed by atoms with van der Waals surface area (Å²) in [6.45, 7) is 4.13. The first-order chi connectivity index (χ1) is 9.42. The normalized spacial score (nSPS) is 14.0. The van der Waals surface area contributed by atoms with E-state index in [2.05, 4.69) is 0 Å². The maximum atomic E-state index is 13.1. The summed E-state index contributed by atoms with van der Waals surface area (Å²) < 4.78 is 63.6. The van der Waals surface area contributed by atoms with E-state index in [1.54, 1.807) is 6.92 Å². The van der Waals surface area contributed by atoms with Crippen molar-refractivity contribution in [3.63, 3.8) is 0 Å². The van der Waals surface area contributed by atoms with Crippen LogP contribution >= 0.6 is 0 Å². The van der Waals surface area contributed by atoms with E-state index in [4.69, 9.17) is 5.11 Å². The number of sulfone groups is 1. The van der Waals surface area contributed by atoms with Gasteiger partial charge in [0.15, 0.2) is 9.84 Å². The van der Waals surface area contributed by atoms with Crippen molar-refractivity contribution in [2.45, 2.75) is 43.5 Å². The highest BCUT2D eigenvalue weighted by Crippen LogP contribution is 2.37. The maximum Gasteiger partial charge on any atom is 0.417 e. The van der Waals surface area contributed by atoms with Crippen LogP contribution in [-0.4, -0.2) is 24.7 Å². The molecule has 8 heteroatoms. The molecule has 0 saturated heterocycles. The van der Waals surface area contributed by atoms with Gasteiger partial charge in [-0.05, 0) is 38.0 Å². The Bertz CT molecular complexity index is 663. The molecule has 1 aromatic carbocycles. The summed E-state index contributed by atoms with van der Waals surface area (Å²) in [7, 11) is -4.18. The molecule has 0 amide bonds. The zero-order chi connectivity index (χ0) is 16.6. The highest BCUT2D eigenvalue weighted by atomic mass is 32.2. The molecule has 0 fully saturated rings. The standard InChI is InChI=1S/C13H15F3O4S/c1-4-8(3)21(19,20)11-5-7(2)9(12(17)18)6-10(11)13(14,15)16/h5-6,8H,4H2,1-3H3,(H,17,18). The van der Waals surface area contributed by atoms with Crippen molar-refractivity contribution < 1.29 is 31.5 Å². The van der Waals surface area contributed by atoms with Gasteiger partial charge in [0, 0.05) is 0 Å².